The van der Waals surface area contributed by atoms with Crippen LogP contribution in [0.3, 0.4) is 0 Å². The largest absolute Gasteiger partial charge is 0.316 e. The fraction of sp³-hybridized carbons (Fsp3) is 1.00. The van der Waals surface area contributed by atoms with Crippen molar-refractivity contribution in [2.45, 2.75) is 6.42 Å². The number of nitrogens with zero attached hydrogens (tertiary/aromatic N) is 2. The van der Waals surface area contributed by atoms with Crippen LogP contribution in [0.2, 0.25) is 0 Å². The van der Waals surface area contributed by atoms with E-state index in [0.29, 0.717) is 24.9 Å². The molecule has 0 aromatic carbocycles. The monoisotopic (exact) mass is 233 g/mol. The van der Waals surface area contributed by atoms with E-state index in [9.17, 15) is 8.42 Å². The predicted octanol–water partition coefficient (Wildman–Crippen LogP) is -0.666. The summed E-state index contributed by atoms with van der Waals surface area (Å²) in [6.07, 6.45) is 0.991. The second-order valence-electron chi connectivity index (χ2n) is 4.62. The predicted molar refractivity (Wildman–Crippen MR) is 58.6 cm³/mol. The first kappa shape index (κ1) is 11.3. The summed E-state index contributed by atoms with van der Waals surface area (Å²) in [5, 5.41) is 3.33. The highest BCUT2D eigenvalue weighted by atomic mass is 32.2. The zero-order valence-corrected chi connectivity index (χ0v) is 10.1. The van der Waals surface area contributed by atoms with Crippen LogP contribution in [0.15, 0.2) is 0 Å². The van der Waals surface area contributed by atoms with Crippen molar-refractivity contribution in [3.8, 4) is 0 Å². The Labute approximate surface area is 91.6 Å². The molecule has 0 spiro atoms. The van der Waals surface area contributed by atoms with Crippen molar-refractivity contribution in [3.63, 3.8) is 0 Å². The topological polar surface area (TPSA) is 52.7 Å². The van der Waals surface area contributed by atoms with Gasteiger partial charge in [0.1, 0.15) is 0 Å². The van der Waals surface area contributed by atoms with Gasteiger partial charge in [-0.3, -0.25) is 0 Å². The molecule has 0 radical (unpaired) electrons. The molecule has 2 fully saturated rings. The van der Waals surface area contributed by atoms with Crippen molar-refractivity contribution in [1.29, 1.82) is 0 Å². The first-order chi connectivity index (χ1) is 7.01. The van der Waals surface area contributed by atoms with Gasteiger partial charge in [0.05, 0.1) is 0 Å². The van der Waals surface area contributed by atoms with Gasteiger partial charge in [0, 0.05) is 27.2 Å². The molecule has 2 atom stereocenters. The molecule has 15 heavy (non-hydrogen) atoms. The van der Waals surface area contributed by atoms with Gasteiger partial charge in [-0.05, 0) is 31.3 Å². The van der Waals surface area contributed by atoms with Crippen LogP contribution in [0.1, 0.15) is 6.42 Å². The third-order valence-corrected chi connectivity index (χ3v) is 5.36. The van der Waals surface area contributed by atoms with E-state index < -0.39 is 10.2 Å². The molecule has 2 heterocycles. The molecule has 0 aromatic rings. The number of nitrogens with one attached hydrogen (secondary N) is 1. The molecule has 2 rings (SSSR count). The Morgan fingerprint density at radius 2 is 1.93 bits per heavy atom. The molecule has 1 N–H and O–H groups in total. The molecule has 0 aromatic heterocycles. The lowest BCUT2D eigenvalue weighted by Crippen LogP contribution is -2.47. The zero-order valence-electron chi connectivity index (χ0n) is 9.31. The molecule has 0 amide bonds. The lowest BCUT2D eigenvalue weighted by molar-refractivity contribution is 0.220. The van der Waals surface area contributed by atoms with E-state index in [4.69, 9.17) is 0 Å². The normalized spacial score (nSPS) is 33.3. The molecule has 2 aliphatic rings. The van der Waals surface area contributed by atoms with Crippen molar-refractivity contribution in [1.82, 2.24) is 13.9 Å². The fourth-order valence-electron chi connectivity index (χ4n) is 2.44. The minimum atomic E-state index is -3.20. The van der Waals surface area contributed by atoms with Crippen molar-refractivity contribution < 1.29 is 8.42 Å². The van der Waals surface area contributed by atoms with Crippen LogP contribution in [0, 0.1) is 11.8 Å². The smallest absolute Gasteiger partial charge is 0.281 e. The molecule has 2 aliphatic heterocycles. The lowest BCUT2D eigenvalue weighted by Gasteiger charge is -2.34. The molecular weight excluding hydrogens is 214 g/mol. The molecule has 0 saturated carbocycles. The highest BCUT2D eigenvalue weighted by Crippen LogP contribution is 2.28. The third kappa shape index (κ3) is 2.04. The molecule has 2 saturated heterocycles. The highest BCUT2D eigenvalue weighted by molar-refractivity contribution is 7.86. The maximum atomic E-state index is 11.9. The highest BCUT2D eigenvalue weighted by Gasteiger charge is 2.37. The van der Waals surface area contributed by atoms with Crippen LogP contribution in [-0.4, -0.2) is 57.3 Å². The Kier molecular flexibility index (Phi) is 3.03. The summed E-state index contributed by atoms with van der Waals surface area (Å²) in [7, 11) is -0.0165. The maximum absolute atomic E-state index is 11.9. The van der Waals surface area contributed by atoms with Gasteiger partial charge in [-0.25, -0.2) is 0 Å². The van der Waals surface area contributed by atoms with E-state index in [1.807, 2.05) is 0 Å². The van der Waals surface area contributed by atoms with Crippen LogP contribution in [0.5, 0.6) is 0 Å². The van der Waals surface area contributed by atoms with Gasteiger partial charge in [0.2, 0.25) is 0 Å². The number of hydrogen-bond acceptors (Lipinski definition) is 3. The first-order valence-corrected chi connectivity index (χ1v) is 6.80. The number of hydrogen-bond donors (Lipinski definition) is 1. The average Bonchev–Trinajstić information content (AvgIpc) is 2.63. The number of rotatable bonds is 2. The van der Waals surface area contributed by atoms with Crippen molar-refractivity contribution in [2.75, 3.05) is 40.3 Å². The van der Waals surface area contributed by atoms with E-state index in [0.717, 1.165) is 19.5 Å². The van der Waals surface area contributed by atoms with E-state index in [1.165, 1.54) is 4.31 Å². The van der Waals surface area contributed by atoms with Crippen LogP contribution in [-0.2, 0) is 10.2 Å². The standard InChI is InChI=1S/C9H19N3O2S/c1-11(2)15(13,14)12-4-3-8-5-10-6-9(8)7-12/h8-10H,3-7H2,1-2H3/t8-,9+/m1/s1. The molecule has 6 heteroatoms. The van der Waals surface area contributed by atoms with Gasteiger partial charge in [-0.1, -0.05) is 0 Å². The Hall–Kier alpha value is -0.170. The van der Waals surface area contributed by atoms with Crippen molar-refractivity contribution >= 4 is 10.2 Å². The van der Waals surface area contributed by atoms with Crippen LogP contribution < -0.4 is 5.32 Å². The summed E-state index contributed by atoms with van der Waals surface area (Å²) in [5.41, 5.74) is 0. The van der Waals surface area contributed by atoms with Gasteiger partial charge in [-0.2, -0.15) is 17.0 Å². The first-order valence-electron chi connectivity index (χ1n) is 5.40. The zero-order chi connectivity index (χ0) is 11.1. The van der Waals surface area contributed by atoms with Crippen molar-refractivity contribution in [3.05, 3.63) is 0 Å². The van der Waals surface area contributed by atoms with E-state index >= 15 is 0 Å². The summed E-state index contributed by atoms with van der Waals surface area (Å²) >= 11 is 0. The molecule has 0 unspecified atom stereocenters. The van der Waals surface area contributed by atoms with Gasteiger partial charge < -0.3 is 5.32 Å². The third-order valence-electron chi connectivity index (χ3n) is 3.45. The lowest BCUT2D eigenvalue weighted by atomic mass is 9.90. The van der Waals surface area contributed by atoms with Gasteiger partial charge >= 0.3 is 0 Å². The maximum Gasteiger partial charge on any atom is 0.281 e. The summed E-state index contributed by atoms with van der Waals surface area (Å²) < 4.78 is 26.7. The SMILES string of the molecule is CN(C)S(=O)(=O)N1CC[C@@H]2CNC[C@H]2C1. The van der Waals surface area contributed by atoms with E-state index in [2.05, 4.69) is 5.32 Å². The van der Waals surface area contributed by atoms with Gasteiger partial charge in [-0.15, -0.1) is 0 Å². The second-order valence-corrected chi connectivity index (χ2v) is 6.76. The number of fused-ring (bicyclic) bond motifs is 1. The Bertz CT molecular complexity index is 328. The summed E-state index contributed by atoms with van der Waals surface area (Å²) in [4.78, 5) is 0. The molecule has 5 nitrogen and oxygen atoms in total. The molecule has 0 bridgehead atoms. The van der Waals surface area contributed by atoms with Crippen molar-refractivity contribution in [2.24, 2.45) is 11.8 Å². The number of piperidine rings is 1. The Morgan fingerprint density at radius 3 is 2.60 bits per heavy atom. The second kappa shape index (κ2) is 4.01. The minimum Gasteiger partial charge on any atom is -0.316 e. The molecule has 0 aliphatic carbocycles. The average molecular weight is 233 g/mol. The van der Waals surface area contributed by atoms with Crippen LogP contribution >= 0.6 is 0 Å². The van der Waals surface area contributed by atoms with E-state index in [1.54, 1.807) is 18.4 Å². The van der Waals surface area contributed by atoms with Gasteiger partial charge in [0.15, 0.2) is 0 Å². The fourth-order valence-corrected chi connectivity index (χ4v) is 3.62. The molecular formula is C9H19N3O2S. The van der Waals surface area contributed by atoms with Crippen LogP contribution in [0.4, 0.5) is 0 Å². The van der Waals surface area contributed by atoms with E-state index in [-0.39, 0.29) is 0 Å². The van der Waals surface area contributed by atoms with Gasteiger partial charge in [0.25, 0.3) is 10.2 Å². The van der Waals surface area contributed by atoms with Crippen LogP contribution in [0.25, 0.3) is 0 Å². The molecule has 88 valence electrons. The summed E-state index contributed by atoms with van der Waals surface area (Å²) in [6, 6.07) is 0. The summed E-state index contributed by atoms with van der Waals surface area (Å²) in [6.45, 7) is 3.37. The Morgan fingerprint density at radius 1 is 1.27 bits per heavy atom. The summed E-state index contributed by atoms with van der Waals surface area (Å²) in [5.74, 6) is 1.19. The minimum absolute atomic E-state index is 0.508. The Balaban J connectivity index is 2.07. The quantitative estimate of drug-likeness (QED) is 0.688.